The van der Waals surface area contributed by atoms with Gasteiger partial charge in [-0.05, 0) is 72.9 Å². The van der Waals surface area contributed by atoms with Crippen LogP contribution >= 0.6 is 0 Å². The zero-order valence-electron chi connectivity index (χ0n) is 15.6. The van der Waals surface area contributed by atoms with Crippen LogP contribution < -0.4 is 5.32 Å². The summed E-state index contributed by atoms with van der Waals surface area (Å²) in [5.41, 5.74) is -0.419. The monoisotopic (exact) mass is 325 g/mol. The van der Waals surface area contributed by atoms with E-state index in [1.54, 1.807) is 0 Å². The molecule has 134 valence electrons. The van der Waals surface area contributed by atoms with E-state index in [0.29, 0.717) is 12.0 Å². The Morgan fingerprint density at radius 2 is 1.96 bits per heavy atom. The van der Waals surface area contributed by atoms with Crippen molar-refractivity contribution in [1.29, 1.82) is 0 Å². The highest BCUT2D eigenvalue weighted by Crippen LogP contribution is 2.22. The van der Waals surface area contributed by atoms with E-state index in [0.717, 1.165) is 25.9 Å². The molecule has 3 atom stereocenters. The summed E-state index contributed by atoms with van der Waals surface area (Å²) in [6.07, 6.45) is 4.58. The zero-order valence-corrected chi connectivity index (χ0v) is 15.6. The van der Waals surface area contributed by atoms with Gasteiger partial charge in [-0.3, -0.25) is 0 Å². The van der Waals surface area contributed by atoms with Gasteiger partial charge in [0.05, 0.1) is 0 Å². The van der Waals surface area contributed by atoms with Crippen molar-refractivity contribution in [2.45, 2.75) is 71.1 Å². The first-order valence-electron chi connectivity index (χ1n) is 9.18. The van der Waals surface area contributed by atoms with Gasteiger partial charge < -0.3 is 19.9 Å². The number of carbonyl (C=O) groups is 1. The van der Waals surface area contributed by atoms with Crippen molar-refractivity contribution in [3.8, 4) is 0 Å². The molecule has 5 heteroatoms. The van der Waals surface area contributed by atoms with Crippen molar-refractivity contribution in [3.05, 3.63) is 0 Å². The number of hydrogen-bond donors (Lipinski definition) is 1. The molecule has 0 spiro atoms. The summed E-state index contributed by atoms with van der Waals surface area (Å²) < 4.78 is 5.54. The maximum absolute atomic E-state index is 12.3. The molecule has 0 bridgehead atoms. The molecule has 0 aliphatic carbocycles. The number of rotatable bonds is 4. The Bertz CT molecular complexity index is 394. The van der Waals surface area contributed by atoms with Gasteiger partial charge in [0.15, 0.2) is 0 Å². The van der Waals surface area contributed by atoms with Crippen LogP contribution in [0, 0.1) is 5.92 Å². The lowest BCUT2D eigenvalue weighted by molar-refractivity contribution is 0.0222. The number of nitrogens with zero attached hydrogens (tertiary/aromatic N) is 2. The Kier molecular flexibility index (Phi) is 6.32. The molecule has 1 N–H and O–H groups in total. The highest BCUT2D eigenvalue weighted by atomic mass is 16.6. The Hall–Kier alpha value is -0.810. The molecule has 2 heterocycles. The summed E-state index contributed by atoms with van der Waals surface area (Å²) in [6.45, 7) is 12.2. The molecule has 3 unspecified atom stereocenters. The molecule has 2 rings (SSSR count). The summed E-state index contributed by atoms with van der Waals surface area (Å²) in [5, 5.41) is 3.69. The van der Waals surface area contributed by atoms with Crippen LogP contribution in [0.25, 0.3) is 0 Å². The second kappa shape index (κ2) is 7.84. The Morgan fingerprint density at radius 3 is 2.61 bits per heavy atom. The van der Waals surface area contributed by atoms with Crippen LogP contribution in [0.3, 0.4) is 0 Å². The van der Waals surface area contributed by atoms with Crippen molar-refractivity contribution < 1.29 is 9.53 Å². The molecule has 1 amide bonds. The van der Waals surface area contributed by atoms with E-state index in [4.69, 9.17) is 4.74 Å². The van der Waals surface area contributed by atoms with E-state index in [9.17, 15) is 4.79 Å². The van der Waals surface area contributed by atoms with Crippen molar-refractivity contribution in [2.75, 3.05) is 33.2 Å². The molecule has 2 aliphatic heterocycles. The fraction of sp³-hybridized carbons (Fsp3) is 0.944. The van der Waals surface area contributed by atoms with Gasteiger partial charge in [-0.15, -0.1) is 0 Å². The largest absolute Gasteiger partial charge is 0.444 e. The third-order valence-corrected chi connectivity index (χ3v) is 5.05. The highest BCUT2D eigenvalue weighted by Gasteiger charge is 2.32. The van der Waals surface area contributed by atoms with E-state index in [2.05, 4.69) is 24.2 Å². The maximum atomic E-state index is 12.3. The van der Waals surface area contributed by atoms with E-state index < -0.39 is 5.60 Å². The smallest absolute Gasteiger partial charge is 0.410 e. The van der Waals surface area contributed by atoms with Crippen LogP contribution in [0.1, 0.15) is 53.4 Å². The minimum absolute atomic E-state index is 0.160. The normalized spacial score (nSPS) is 28.0. The topological polar surface area (TPSA) is 44.8 Å². The summed E-state index contributed by atoms with van der Waals surface area (Å²) in [6, 6.07) is 0.771. The second-order valence-corrected chi connectivity index (χ2v) is 8.33. The molecule has 0 aromatic heterocycles. The number of ether oxygens (including phenoxy) is 1. The maximum Gasteiger partial charge on any atom is 0.410 e. The van der Waals surface area contributed by atoms with E-state index in [-0.39, 0.29) is 12.1 Å². The van der Waals surface area contributed by atoms with E-state index in [1.165, 1.54) is 25.9 Å². The van der Waals surface area contributed by atoms with E-state index in [1.807, 2.05) is 25.7 Å². The van der Waals surface area contributed by atoms with Gasteiger partial charge >= 0.3 is 6.09 Å². The lowest BCUT2D eigenvalue weighted by Gasteiger charge is -2.35. The third-order valence-electron chi connectivity index (χ3n) is 5.05. The molecule has 23 heavy (non-hydrogen) atoms. The molecule has 2 fully saturated rings. The minimum Gasteiger partial charge on any atom is -0.444 e. The highest BCUT2D eigenvalue weighted by molar-refractivity contribution is 5.69. The molecule has 0 saturated carbocycles. The van der Waals surface area contributed by atoms with Crippen molar-refractivity contribution in [1.82, 2.24) is 15.1 Å². The van der Waals surface area contributed by atoms with Gasteiger partial charge in [-0.2, -0.15) is 0 Å². The standard InChI is InChI=1S/C18H35N3O2/c1-14(15-8-6-10-20(5)13-15)19-12-16-9-7-11-21(16)17(22)23-18(2,3)4/h14-16,19H,6-13H2,1-5H3. The van der Waals surface area contributed by atoms with E-state index >= 15 is 0 Å². The summed E-state index contributed by atoms with van der Waals surface area (Å²) in [7, 11) is 2.21. The fourth-order valence-electron chi connectivity index (χ4n) is 3.71. The first-order valence-corrected chi connectivity index (χ1v) is 9.18. The Morgan fingerprint density at radius 1 is 1.26 bits per heavy atom. The lowest BCUT2D eigenvalue weighted by atomic mass is 9.92. The van der Waals surface area contributed by atoms with Gasteiger partial charge in [-0.1, -0.05) is 0 Å². The Labute approximate surface area is 141 Å². The molecular formula is C18H35N3O2. The first-order chi connectivity index (χ1) is 10.8. The molecule has 0 radical (unpaired) electrons. The fourth-order valence-corrected chi connectivity index (χ4v) is 3.71. The average molecular weight is 325 g/mol. The molecule has 0 aromatic rings. The van der Waals surface area contributed by atoms with Crippen LogP contribution in [0.2, 0.25) is 0 Å². The average Bonchev–Trinajstić information content (AvgIpc) is 2.91. The van der Waals surface area contributed by atoms with Crippen LogP contribution in [-0.4, -0.2) is 66.8 Å². The summed E-state index contributed by atoms with van der Waals surface area (Å²) in [4.78, 5) is 16.7. The first kappa shape index (κ1) is 18.5. The zero-order chi connectivity index (χ0) is 17.0. The predicted molar refractivity (Wildman–Crippen MR) is 93.6 cm³/mol. The van der Waals surface area contributed by atoms with Gasteiger partial charge in [0, 0.05) is 31.7 Å². The third kappa shape index (κ3) is 5.64. The quantitative estimate of drug-likeness (QED) is 0.863. The van der Waals surface area contributed by atoms with Gasteiger partial charge in [0.25, 0.3) is 0 Å². The van der Waals surface area contributed by atoms with Crippen molar-refractivity contribution in [3.63, 3.8) is 0 Å². The van der Waals surface area contributed by atoms with Gasteiger partial charge in [-0.25, -0.2) is 4.79 Å². The minimum atomic E-state index is -0.419. The summed E-state index contributed by atoms with van der Waals surface area (Å²) >= 11 is 0. The van der Waals surface area contributed by atoms with Crippen LogP contribution in [0.5, 0.6) is 0 Å². The lowest BCUT2D eigenvalue weighted by Crippen LogP contribution is -2.48. The molecular weight excluding hydrogens is 290 g/mol. The predicted octanol–water partition coefficient (Wildman–Crippen LogP) is 2.71. The number of carbonyl (C=O) groups excluding carboxylic acids is 1. The molecule has 0 aromatic carbocycles. The van der Waals surface area contributed by atoms with Crippen LogP contribution in [0.4, 0.5) is 4.79 Å². The number of piperidine rings is 1. The van der Waals surface area contributed by atoms with Gasteiger partial charge in [0.2, 0.25) is 0 Å². The second-order valence-electron chi connectivity index (χ2n) is 8.33. The van der Waals surface area contributed by atoms with Crippen LogP contribution in [0.15, 0.2) is 0 Å². The van der Waals surface area contributed by atoms with Gasteiger partial charge in [0.1, 0.15) is 5.60 Å². The number of likely N-dealkylation sites (tertiary alicyclic amines) is 2. The van der Waals surface area contributed by atoms with Crippen molar-refractivity contribution >= 4 is 6.09 Å². The Balaban J connectivity index is 1.80. The number of hydrogen-bond acceptors (Lipinski definition) is 4. The summed E-state index contributed by atoms with van der Waals surface area (Å²) in [5.74, 6) is 0.713. The van der Waals surface area contributed by atoms with Crippen LogP contribution in [-0.2, 0) is 4.74 Å². The molecule has 2 saturated heterocycles. The number of amides is 1. The molecule has 2 aliphatic rings. The molecule has 5 nitrogen and oxygen atoms in total. The SMILES string of the molecule is CC(NCC1CCCN1C(=O)OC(C)(C)C)C1CCCN(C)C1. The number of nitrogens with one attached hydrogen (secondary N) is 1. The van der Waals surface area contributed by atoms with Crippen molar-refractivity contribution in [2.24, 2.45) is 5.92 Å².